The normalized spacial score (nSPS) is 18.3. The van der Waals surface area contributed by atoms with Crippen molar-refractivity contribution in [1.29, 1.82) is 5.26 Å². The van der Waals surface area contributed by atoms with E-state index in [0.717, 1.165) is 37.1 Å². The number of nitrogens with zero attached hydrogens (tertiary/aromatic N) is 3. The number of alkyl halides is 3. The van der Waals surface area contributed by atoms with Gasteiger partial charge in [-0.25, -0.2) is 12.9 Å². The summed E-state index contributed by atoms with van der Waals surface area (Å²) in [6, 6.07) is 10.1. The highest BCUT2D eigenvalue weighted by atomic mass is 32.2. The highest BCUT2D eigenvalue weighted by molar-refractivity contribution is 7.82. The van der Waals surface area contributed by atoms with Crippen LogP contribution in [0.5, 0.6) is 0 Å². The van der Waals surface area contributed by atoms with Gasteiger partial charge in [-0.05, 0) is 62.1 Å². The van der Waals surface area contributed by atoms with Crippen LogP contribution in [0, 0.1) is 17.1 Å². The molecule has 4 rings (SSSR count). The summed E-state index contributed by atoms with van der Waals surface area (Å²) in [6.07, 6.45) is -1.56. The van der Waals surface area contributed by atoms with Gasteiger partial charge in [0.25, 0.3) is 0 Å². The maximum Gasteiger partial charge on any atom is 0.416 e. The number of anilines is 1. The summed E-state index contributed by atoms with van der Waals surface area (Å²) in [5.74, 6) is -0.960. The van der Waals surface area contributed by atoms with E-state index in [1.54, 1.807) is 0 Å². The zero-order chi connectivity index (χ0) is 25.2. The van der Waals surface area contributed by atoms with E-state index >= 15 is 0 Å². The van der Waals surface area contributed by atoms with Crippen LogP contribution in [0.15, 0.2) is 47.4 Å². The van der Waals surface area contributed by atoms with E-state index < -0.39 is 28.5 Å². The van der Waals surface area contributed by atoms with Crippen molar-refractivity contribution in [3.05, 3.63) is 59.4 Å². The Hall–Kier alpha value is -2.81. The van der Waals surface area contributed by atoms with E-state index in [9.17, 15) is 26.6 Å². The van der Waals surface area contributed by atoms with Gasteiger partial charge in [-0.15, -0.1) is 0 Å². The van der Waals surface area contributed by atoms with E-state index in [1.807, 2.05) is 15.3 Å². The summed E-state index contributed by atoms with van der Waals surface area (Å²) in [5.41, 5.74) is -0.506. The van der Waals surface area contributed by atoms with Crippen LogP contribution in [0.1, 0.15) is 36.8 Å². The summed E-state index contributed by atoms with van der Waals surface area (Å²) < 4.78 is 68.1. The molecule has 2 aromatic rings. The van der Waals surface area contributed by atoms with Gasteiger partial charge < -0.3 is 5.32 Å². The van der Waals surface area contributed by atoms with Crippen molar-refractivity contribution in [2.75, 3.05) is 25.0 Å². The number of nitrogens with one attached hydrogen (secondary N) is 1. The molecule has 1 heterocycles. The van der Waals surface area contributed by atoms with Gasteiger partial charge >= 0.3 is 6.18 Å². The molecule has 6 nitrogen and oxygen atoms in total. The number of amides is 1. The Morgan fingerprint density at radius 3 is 2.43 bits per heavy atom. The number of benzene rings is 2. The molecule has 1 N–H and O–H groups in total. The molecule has 2 fully saturated rings. The number of likely N-dealkylation sites (tertiary alicyclic amines) is 1. The molecule has 2 aliphatic rings. The molecular formula is C24H24F4N4O2S. The third-order valence-electron chi connectivity index (χ3n) is 6.06. The van der Waals surface area contributed by atoms with Gasteiger partial charge in [-0.2, -0.15) is 18.4 Å². The second-order valence-corrected chi connectivity index (χ2v) is 10.2. The lowest BCUT2D eigenvalue weighted by molar-refractivity contribution is -0.137. The number of carbonyl (C=O) groups excluding carboxylic acids is 1. The van der Waals surface area contributed by atoms with Crippen LogP contribution in [0.2, 0.25) is 0 Å². The van der Waals surface area contributed by atoms with Gasteiger partial charge in [0.15, 0.2) is 0 Å². The smallest absolute Gasteiger partial charge is 0.325 e. The molecule has 0 radical (unpaired) electrons. The second kappa shape index (κ2) is 10.4. The molecule has 0 bridgehead atoms. The van der Waals surface area contributed by atoms with Crippen molar-refractivity contribution >= 4 is 22.6 Å². The van der Waals surface area contributed by atoms with E-state index in [2.05, 4.69) is 5.32 Å². The van der Waals surface area contributed by atoms with E-state index in [1.165, 1.54) is 18.2 Å². The molecule has 35 heavy (non-hydrogen) atoms. The maximum atomic E-state index is 13.6. The summed E-state index contributed by atoms with van der Waals surface area (Å²) in [6.45, 7) is 1.17. The highest BCUT2D eigenvalue weighted by Crippen LogP contribution is 2.36. The third-order valence-corrected chi connectivity index (χ3v) is 7.69. The molecule has 0 spiro atoms. The molecule has 1 amide bonds. The van der Waals surface area contributed by atoms with Crippen molar-refractivity contribution in [3.63, 3.8) is 0 Å². The topological polar surface area (TPSA) is 76.4 Å². The lowest BCUT2D eigenvalue weighted by Gasteiger charge is -2.37. The molecular weight excluding hydrogens is 484 g/mol. The van der Waals surface area contributed by atoms with E-state index in [0.29, 0.717) is 25.9 Å². The summed E-state index contributed by atoms with van der Waals surface area (Å²) in [4.78, 5) is 14.5. The monoisotopic (exact) mass is 508 g/mol. The van der Waals surface area contributed by atoms with Crippen molar-refractivity contribution < 1.29 is 26.6 Å². The number of nitriles is 1. The molecule has 1 aliphatic heterocycles. The van der Waals surface area contributed by atoms with Crippen molar-refractivity contribution in [3.8, 4) is 6.07 Å². The van der Waals surface area contributed by atoms with Gasteiger partial charge in [-0.1, -0.05) is 6.07 Å². The van der Waals surface area contributed by atoms with Gasteiger partial charge in [0.05, 0.1) is 28.6 Å². The lowest BCUT2D eigenvalue weighted by atomic mass is 10.0. The standard InChI is InChI=1S/C24H24F4N4O2S/c25-18-10-16(14-29)11-19(13-18)30-23(33)15-31-8-6-21(7-9-31)32(20-4-5-20)35(34)22-3-1-2-17(12-22)24(26,27)28/h1-3,10-13,20-21H,4-9,15H2,(H,30,33). The second-order valence-electron chi connectivity index (χ2n) is 8.76. The number of hydrogen-bond donors (Lipinski definition) is 1. The average molecular weight is 509 g/mol. The maximum absolute atomic E-state index is 13.6. The Morgan fingerprint density at radius 2 is 1.80 bits per heavy atom. The molecule has 11 heteroatoms. The number of hydrogen-bond acceptors (Lipinski definition) is 4. The summed E-state index contributed by atoms with van der Waals surface area (Å²) in [7, 11) is -1.71. The zero-order valence-corrected chi connectivity index (χ0v) is 19.5. The molecule has 0 aromatic heterocycles. The minimum atomic E-state index is -4.50. The number of carbonyl (C=O) groups is 1. The fraction of sp³-hybridized carbons (Fsp3) is 0.417. The average Bonchev–Trinajstić information content (AvgIpc) is 3.64. The first-order chi connectivity index (χ1) is 16.6. The van der Waals surface area contributed by atoms with Crippen LogP contribution in [-0.4, -0.2) is 51.0 Å². The Morgan fingerprint density at radius 1 is 1.11 bits per heavy atom. The summed E-state index contributed by atoms with van der Waals surface area (Å²) in [5, 5.41) is 11.5. The molecule has 1 saturated heterocycles. The predicted octanol–water partition coefficient (Wildman–Crippen LogP) is 4.31. The van der Waals surface area contributed by atoms with Gasteiger partial charge in [0.2, 0.25) is 5.91 Å². The van der Waals surface area contributed by atoms with Crippen LogP contribution in [-0.2, 0) is 22.0 Å². The predicted molar refractivity (Wildman–Crippen MR) is 122 cm³/mol. The van der Waals surface area contributed by atoms with Crippen molar-refractivity contribution in [2.45, 2.75) is 48.8 Å². The van der Waals surface area contributed by atoms with Crippen LogP contribution < -0.4 is 5.32 Å². The number of halogens is 4. The molecule has 1 aliphatic carbocycles. The van der Waals surface area contributed by atoms with Crippen LogP contribution in [0.4, 0.5) is 23.2 Å². The quantitative estimate of drug-likeness (QED) is 0.566. The molecule has 2 aromatic carbocycles. The Labute approximate surface area is 203 Å². The minimum Gasteiger partial charge on any atom is -0.325 e. The fourth-order valence-corrected chi connectivity index (χ4v) is 5.89. The largest absolute Gasteiger partial charge is 0.416 e. The zero-order valence-electron chi connectivity index (χ0n) is 18.7. The third kappa shape index (κ3) is 6.45. The van der Waals surface area contributed by atoms with Gasteiger partial charge in [0.1, 0.15) is 16.8 Å². The van der Waals surface area contributed by atoms with Crippen molar-refractivity contribution in [1.82, 2.24) is 9.21 Å². The number of piperidine rings is 1. The van der Waals surface area contributed by atoms with Gasteiger partial charge in [0, 0.05) is 30.9 Å². The summed E-state index contributed by atoms with van der Waals surface area (Å²) >= 11 is 0. The first kappa shape index (κ1) is 25.3. The first-order valence-electron chi connectivity index (χ1n) is 11.2. The van der Waals surface area contributed by atoms with Crippen LogP contribution in [0.25, 0.3) is 0 Å². The van der Waals surface area contributed by atoms with Gasteiger partial charge in [-0.3, -0.25) is 9.69 Å². The van der Waals surface area contributed by atoms with E-state index in [-0.39, 0.29) is 40.7 Å². The number of rotatable bonds is 7. The highest BCUT2D eigenvalue weighted by Gasteiger charge is 2.40. The Kier molecular flexibility index (Phi) is 7.54. The van der Waals surface area contributed by atoms with E-state index in [4.69, 9.17) is 5.26 Å². The van der Waals surface area contributed by atoms with Crippen LogP contribution in [0.3, 0.4) is 0 Å². The fourth-order valence-electron chi connectivity index (χ4n) is 4.26. The van der Waals surface area contributed by atoms with Crippen molar-refractivity contribution in [2.24, 2.45) is 0 Å². The molecule has 1 atom stereocenters. The molecule has 186 valence electrons. The lowest BCUT2D eigenvalue weighted by Crippen LogP contribution is -2.48. The molecule has 1 unspecified atom stereocenters. The minimum absolute atomic E-state index is 0.0707. The SMILES string of the molecule is N#Cc1cc(F)cc(NC(=O)CN2CCC(N(C3CC3)S(=O)c3cccc(C(F)(F)F)c3)CC2)c1. The Bertz CT molecular complexity index is 1150. The van der Waals surface area contributed by atoms with Crippen LogP contribution >= 0.6 is 0 Å². The molecule has 1 saturated carbocycles. The Balaban J connectivity index is 1.35. The first-order valence-corrected chi connectivity index (χ1v) is 12.3.